The number of hydrogen-bond donors (Lipinski definition) is 1. The van der Waals surface area contributed by atoms with Gasteiger partial charge in [-0.1, -0.05) is 48.5 Å². The van der Waals surface area contributed by atoms with E-state index in [0.29, 0.717) is 47.5 Å². The Labute approximate surface area is 304 Å². The average Bonchev–Trinajstić information content (AvgIpc) is 3.12. The smallest absolute Gasteiger partial charge is 0.410 e. The van der Waals surface area contributed by atoms with Crippen molar-refractivity contribution in [3.63, 3.8) is 0 Å². The summed E-state index contributed by atoms with van der Waals surface area (Å²) in [5, 5.41) is 14.8. The summed E-state index contributed by atoms with van der Waals surface area (Å²) in [6, 6.07) is 25.1. The molecule has 1 aliphatic rings. The molecular formula is C42H44N6O4. The van der Waals surface area contributed by atoms with Crippen molar-refractivity contribution in [2.75, 3.05) is 18.4 Å². The second-order valence-corrected chi connectivity index (χ2v) is 14.8. The van der Waals surface area contributed by atoms with E-state index in [1.807, 2.05) is 108 Å². The van der Waals surface area contributed by atoms with Crippen LogP contribution in [0.2, 0.25) is 0 Å². The van der Waals surface area contributed by atoms with E-state index in [9.17, 15) is 14.9 Å². The highest BCUT2D eigenvalue weighted by molar-refractivity contribution is 6.01. The SMILES string of the molecule is Cc1ccc2c(CC(=O)c3cccc(C(C)(C)C#N)c3)cccc2c1Oc1ncccc1-c1ccnc(N[C@H]2CCCN(C(=O)OC(C)(C)C)C2)n1. The van der Waals surface area contributed by atoms with E-state index < -0.39 is 11.0 Å². The number of nitrogens with one attached hydrogen (secondary N) is 1. The quantitative estimate of drug-likeness (QED) is 0.150. The van der Waals surface area contributed by atoms with E-state index >= 15 is 0 Å². The van der Waals surface area contributed by atoms with Crippen LogP contribution in [0.25, 0.3) is 22.0 Å². The van der Waals surface area contributed by atoms with Crippen LogP contribution in [0.1, 0.15) is 74.5 Å². The number of nitrogens with zero attached hydrogens (tertiary/aromatic N) is 5. The van der Waals surface area contributed by atoms with Crippen molar-refractivity contribution >= 4 is 28.6 Å². The Morgan fingerprint density at radius 3 is 2.56 bits per heavy atom. The van der Waals surface area contributed by atoms with Gasteiger partial charge in [0.1, 0.15) is 11.4 Å². The van der Waals surface area contributed by atoms with Crippen LogP contribution in [-0.4, -0.2) is 56.5 Å². The van der Waals surface area contributed by atoms with Crippen molar-refractivity contribution in [3.8, 4) is 29.0 Å². The second-order valence-electron chi connectivity index (χ2n) is 14.8. The maximum atomic E-state index is 13.6. The molecule has 10 heteroatoms. The Balaban J connectivity index is 1.24. The van der Waals surface area contributed by atoms with E-state index in [2.05, 4.69) is 21.4 Å². The molecule has 1 fully saturated rings. The van der Waals surface area contributed by atoms with Crippen molar-refractivity contribution in [2.24, 2.45) is 0 Å². The molecule has 0 radical (unpaired) electrons. The maximum Gasteiger partial charge on any atom is 0.410 e. The normalized spacial score (nSPS) is 14.8. The number of likely N-dealkylation sites (tertiary alicyclic amines) is 1. The van der Waals surface area contributed by atoms with Crippen molar-refractivity contribution in [3.05, 3.63) is 107 Å². The third-order valence-corrected chi connectivity index (χ3v) is 9.14. The van der Waals surface area contributed by atoms with Gasteiger partial charge in [-0.15, -0.1) is 0 Å². The summed E-state index contributed by atoms with van der Waals surface area (Å²) in [6.07, 6.45) is 4.95. The lowest BCUT2D eigenvalue weighted by Gasteiger charge is -2.34. The second kappa shape index (κ2) is 14.8. The van der Waals surface area contributed by atoms with Crippen LogP contribution in [0, 0.1) is 18.3 Å². The number of aromatic nitrogens is 3. The number of benzene rings is 3. The summed E-state index contributed by atoms with van der Waals surface area (Å²) in [7, 11) is 0. The zero-order valence-corrected chi connectivity index (χ0v) is 30.6. The summed E-state index contributed by atoms with van der Waals surface area (Å²) in [4.78, 5) is 41.9. The first kappa shape index (κ1) is 36.0. The monoisotopic (exact) mass is 696 g/mol. The first-order valence-electron chi connectivity index (χ1n) is 17.6. The van der Waals surface area contributed by atoms with E-state index in [-0.39, 0.29) is 24.3 Å². The van der Waals surface area contributed by atoms with Crippen LogP contribution in [0.3, 0.4) is 0 Å². The largest absolute Gasteiger partial charge is 0.444 e. The molecule has 266 valence electrons. The zero-order chi connectivity index (χ0) is 37.0. The average molecular weight is 697 g/mol. The predicted molar refractivity (Wildman–Crippen MR) is 202 cm³/mol. The molecule has 10 nitrogen and oxygen atoms in total. The number of carbonyl (C=O) groups excluding carboxylic acids is 2. The Hall–Kier alpha value is -5.82. The summed E-state index contributed by atoms with van der Waals surface area (Å²) < 4.78 is 12.2. The Bertz CT molecular complexity index is 2170. The predicted octanol–water partition coefficient (Wildman–Crippen LogP) is 8.83. The lowest BCUT2D eigenvalue weighted by atomic mass is 9.85. The molecule has 2 aromatic heterocycles. The number of ether oxygens (including phenoxy) is 2. The highest BCUT2D eigenvalue weighted by atomic mass is 16.6. The number of fused-ring (bicyclic) bond motifs is 1. The van der Waals surface area contributed by atoms with Gasteiger partial charge in [-0.3, -0.25) is 4.79 Å². The van der Waals surface area contributed by atoms with Crippen molar-refractivity contribution in [1.29, 1.82) is 5.26 Å². The molecule has 1 saturated heterocycles. The van der Waals surface area contributed by atoms with Gasteiger partial charge in [0.25, 0.3) is 0 Å². The molecule has 52 heavy (non-hydrogen) atoms. The fraction of sp³-hybridized carbons (Fsp3) is 0.333. The maximum absolute atomic E-state index is 13.6. The number of nitriles is 1. The standard InChI is InChI=1S/C42H44N6O4/c1-27-17-18-32-28(24-36(49)29-12-7-13-30(23-29)42(5,6)26-43)11-8-15-33(32)37(27)51-38-34(16-9-20-44-38)35-19-21-45-39(47-35)46-31-14-10-22-48(25-31)40(50)52-41(2,3)4/h7-9,11-13,15-21,23,31H,10,14,22,24-25H2,1-6H3,(H,45,46,47)/t31-/m0/s1. The molecule has 1 atom stereocenters. The number of ketones is 1. The summed E-state index contributed by atoms with van der Waals surface area (Å²) in [5.74, 6) is 1.44. The van der Waals surface area contributed by atoms with Gasteiger partial charge in [0.15, 0.2) is 5.78 Å². The number of pyridine rings is 1. The molecule has 1 aliphatic heterocycles. The molecule has 0 spiro atoms. The van der Waals surface area contributed by atoms with E-state index in [1.165, 1.54) is 0 Å². The van der Waals surface area contributed by atoms with Crippen LogP contribution >= 0.6 is 0 Å². The minimum Gasteiger partial charge on any atom is -0.444 e. The topological polar surface area (TPSA) is 130 Å². The van der Waals surface area contributed by atoms with Crippen LogP contribution in [0.15, 0.2) is 85.2 Å². The van der Waals surface area contributed by atoms with Crippen molar-refractivity contribution < 1.29 is 19.1 Å². The van der Waals surface area contributed by atoms with Gasteiger partial charge >= 0.3 is 6.09 Å². The lowest BCUT2D eigenvalue weighted by molar-refractivity contribution is 0.0206. The number of Topliss-reactive ketones (excluding diaryl/α,β-unsaturated/α-hetero) is 1. The molecule has 5 aromatic rings. The molecule has 3 heterocycles. The fourth-order valence-electron chi connectivity index (χ4n) is 6.33. The van der Waals surface area contributed by atoms with Gasteiger partial charge in [0.2, 0.25) is 11.8 Å². The Kier molecular flexibility index (Phi) is 10.2. The number of rotatable bonds is 9. The minimum atomic E-state index is -0.700. The van der Waals surface area contributed by atoms with E-state index in [0.717, 1.165) is 40.3 Å². The van der Waals surface area contributed by atoms with Gasteiger partial charge in [0, 0.05) is 48.9 Å². The van der Waals surface area contributed by atoms with Crippen LogP contribution in [0.4, 0.5) is 10.7 Å². The van der Waals surface area contributed by atoms with Crippen molar-refractivity contribution in [1.82, 2.24) is 19.9 Å². The molecule has 1 N–H and O–H groups in total. The first-order valence-corrected chi connectivity index (χ1v) is 17.6. The highest BCUT2D eigenvalue weighted by Crippen LogP contribution is 2.38. The molecule has 0 saturated carbocycles. The number of anilines is 1. The van der Waals surface area contributed by atoms with Crippen LogP contribution in [-0.2, 0) is 16.6 Å². The van der Waals surface area contributed by atoms with Gasteiger partial charge in [0.05, 0.1) is 22.7 Å². The summed E-state index contributed by atoms with van der Waals surface area (Å²) in [6.45, 7) is 12.4. The molecular weight excluding hydrogens is 653 g/mol. The zero-order valence-electron chi connectivity index (χ0n) is 30.6. The molecule has 0 aliphatic carbocycles. The van der Waals surface area contributed by atoms with Gasteiger partial charge < -0.3 is 19.7 Å². The van der Waals surface area contributed by atoms with Gasteiger partial charge in [-0.25, -0.2) is 19.7 Å². The molecule has 3 aromatic carbocycles. The Morgan fingerprint density at radius 2 is 1.77 bits per heavy atom. The Morgan fingerprint density at radius 1 is 0.962 bits per heavy atom. The first-order chi connectivity index (χ1) is 24.8. The number of amides is 1. The van der Waals surface area contributed by atoms with Crippen LogP contribution in [0.5, 0.6) is 11.6 Å². The number of aryl methyl sites for hydroxylation is 1. The van der Waals surface area contributed by atoms with Gasteiger partial charge in [-0.05, 0) is 101 Å². The molecule has 0 unspecified atom stereocenters. The van der Waals surface area contributed by atoms with E-state index in [4.69, 9.17) is 14.5 Å². The number of piperidine rings is 1. The molecule has 0 bridgehead atoms. The van der Waals surface area contributed by atoms with Gasteiger partial charge in [-0.2, -0.15) is 5.26 Å². The highest BCUT2D eigenvalue weighted by Gasteiger charge is 2.28. The van der Waals surface area contributed by atoms with Crippen molar-refractivity contribution in [2.45, 2.75) is 77.9 Å². The summed E-state index contributed by atoms with van der Waals surface area (Å²) in [5.41, 5.74) is 3.22. The molecule has 1 amide bonds. The third kappa shape index (κ3) is 8.21. The summed E-state index contributed by atoms with van der Waals surface area (Å²) >= 11 is 0. The fourth-order valence-corrected chi connectivity index (χ4v) is 6.33. The number of hydrogen-bond acceptors (Lipinski definition) is 9. The minimum absolute atomic E-state index is 0.0305. The number of carbonyl (C=O) groups is 2. The lowest BCUT2D eigenvalue weighted by Crippen LogP contribution is -2.47. The third-order valence-electron chi connectivity index (χ3n) is 9.14. The van der Waals surface area contributed by atoms with Crippen LogP contribution < -0.4 is 10.1 Å². The van der Waals surface area contributed by atoms with E-state index in [1.54, 1.807) is 23.4 Å². The molecule has 6 rings (SSSR count).